The molecule has 0 spiro atoms. The van der Waals surface area contributed by atoms with Crippen molar-refractivity contribution in [2.75, 3.05) is 24.2 Å². The van der Waals surface area contributed by atoms with Crippen LogP contribution in [0.2, 0.25) is 0 Å². The van der Waals surface area contributed by atoms with E-state index >= 15 is 0 Å². The number of likely N-dealkylation sites (tertiary alicyclic amines) is 1. The molecule has 2 aromatic rings. The van der Waals surface area contributed by atoms with E-state index in [1.165, 1.54) is 12.2 Å². The van der Waals surface area contributed by atoms with E-state index in [0.29, 0.717) is 24.3 Å². The van der Waals surface area contributed by atoms with Crippen LogP contribution in [0.15, 0.2) is 66.7 Å². The van der Waals surface area contributed by atoms with Crippen LogP contribution in [0.1, 0.15) is 57.9 Å². The first-order chi connectivity index (χ1) is 21.2. The number of amides is 4. The SMILES string of the molecule is CN1CC(c2ccc(NC(=O)Nc3ccccc3)cc2)CC1C(=O)NC(C/C=C/CC(NC(=O)CC(C)(C)C)C(=O)O)C(=O)O. The number of hydrogen-bond donors (Lipinski definition) is 6. The van der Waals surface area contributed by atoms with Gasteiger partial charge in [0.05, 0.1) is 6.04 Å². The summed E-state index contributed by atoms with van der Waals surface area (Å²) in [6.45, 7) is 6.21. The minimum absolute atomic E-state index is 0.0233. The first kappa shape index (κ1) is 34.8. The van der Waals surface area contributed by atoms with Crippen molar-refractivity contribution in [3.05, 3.63) is 72.3 Å². The number of aliphatic carboxylic acids is 2. The van der Waals surface area contributed by atoms with E-state index in [2.05, 4.69) is 21.3 Å². The van der Waals surface area contributed by atoms with Crippen LogP contribution in [-0.2, 0) is 19.2 Å². The number of benzene rings is 2. The molecule has 0 aromatic heterocycles. The van der Waals surface area contributed by atoms with Gasteiger partial charge in [-0.15, -0.1) is 0 Å². The average Bonchev–Trinajstić information content (AvgIpc) is 3.35. The maximum Gasteiger partial charge on any atom is 0.326 e. The lowest BCUT2D eigenvalue weighted by atomic mass is 9.92. The summed E-state index contributed by atoms with van der Waals surface area (Å²) in [7, 11) is 1.81. The van der Waals surface area contributed by atoms with E-state index in [1.807, 2.05) is 63.1 Å². The summed E-state index contributed by atoms with van der Waals surface area (Å²) in [5, 5.41) is 29.8. The molecule has 1 aliphatic rings. The Bertz CT molecular complexity index is 1370. The summed E-state index contributed by atoms with van der Waals surface area (Å²) < 4.78 is 0. The number of rotatable bonds is 13. The fourth-order valence-electron chi connectivity index (χ4n) is 5.10. The van der Waals surface area contributed by atoms with Crippen LogP contribution in [0.3, 0.4) is 0 Å². The van der Waals surface area contributed by atoms with Gasteiger partial charge in [0.1, 0.15) is 12.1 Å². The van der Waals surface area contributed by atoms with Crippen LogP contribution in [-0.4, -0.2) is 76.6 Å². The van der Waals surface area contributed by atoms with Crippen molar-refractivity contribution in [2.24, 2.45) is 5.41 Å². The van der Waals surface area contributed by atoms with E-state index in [0.717, 1.165) is 5.56 Å². The summed E-state index contributed by atoms with van der Waals surface area (Å²) in [4.78, 5) is 62.9. The molecule has 1 saturated heterocycles. The smallest absolute Gasteiger partial charge is 0.326 e. The minimum atomic E-state index is -1.21. The molecule has 242 valence electrons. The van der Waals surface area contributed by atoms with Gasteiger partial charge in [-0.3, -0.25) is 14.5 Å². The van der Waals surface area contributed by atoms with E-state index in [1.54, 1.807) is 24.3 Å². The molecule has 1 heterocycles. The highest BCUT2D eigenvalue weighted by Gasteiger charge is 2.36. The molecule has 4 amide bonds. The Hall–Kier alpha value is -4.71. The number of carbonyl (C=O) groups is 5. The van der Waals surface area contributed by atoms with Crippen LogP contribution in [0.25, 0.3) is 0 Å². The summed E-state index contributed by atoms with van der Waals surface area (Å²) in [5.74, 6) is -3.16. The zero-order valence-electron chi connectivity index (χ0n) is 26.1. The van der Waals surface area contributed by atoms with Crippen molar-refractivity contribution in [1.82, 2.24) is 15.5 Å². The van der Waals surface area contributed by atoms with Gasteiger partial charge in [0, 0.05) is 24.3 Å². The quantitative estimate of drug-likeness (QED) is 0.182. The van der Waals surface area contributed by atoms with E-state index in [9.17, 15) is 34.2 Å². The second-order valence-corrected chi connectivity index (χ2v) is 12.5. The summed E-state index contributed by atoms with van der Waals surface area (Å²) in [5.41, 5.74) is 1.99. The predicted molar refractivity (Wildman–Crippen MR) is 171 cm³/mol. The van der Waals surface area contributed by atoms with Crippen molar-refractivity contribution < 1.29 is 34.2 Å². The number of likely N-dealkylation sites (N-methyl/N-ethyl adjacent to an activating group) is 1. The van der Waals surface area contributed by atoms with Gasteiger partial charge in [-0.05, 0) is 67.5 Å². The van der Waals surface area contributed by atoms with Crippen molar-refractivity contribution >= 4 is 41.2 Å². The normalized spacial score (nSPS) is 18.1. The number of urea groups is 1. The van der Waals surface area contributed by atoms with Crippen molar-refractivity contribution in [3.63, 3.8) is 0 Å². The number of carboxylic acids is 2. The fourth-order valence-corrected chi connectivity index (χ4v) is 5.10. The Labute approximate surface area is 263 Å². The Kier molecular flexibility index (Phi) is 12.2. The Morgan fingerprint density at radius 1 is 0.844 bits per heavy atom. The summed E-state index contributed by atoms with van der Waals surface area (Å²) in [6.07, 6.45) is 3.59. The maximum absolute atomic E-state index is 13.1. The lowest BCUT2D eigenvalue weighted by molar-refractivity contribution is -0.142. The molecule has 6 N–H and O–H groups in total. The number of nitrogens with zero attached hydrogens (tertiary/aromatic N) is 1. The number of anilines is 2. The Morgan fingerprint density at radius 3 is 1.91 bits per heavy atom. The second kappa shape index (κ2) is 15.8. The number of carbonyl (C=O) groups excluding carboxylic acids is 3. The van der Waals surface area contributed by atoms with Gasteiger partial charge in [-0.2, -0.15) is 0 Å². The van der Waals surface area contributed by atoms with Gasteiger partial charge in [0.2, 0.25) is 11.8 Å². The summed E-state index contributed by atoms with van der Waals surface area (Å²) >= 11 is 0. The van der Waals surface area contributed by atoms with Crippen molar-refractivity contribution in [1.29, 1.82) is 0 Å². The lowest BCUT2D eigenvalue weighted by Gasteiger charge is -2.21. The highest BCUT2D eigenvalue weighted by atomic mass is 16.4. The lowest BCUT2D eigenvalue weighted by Crippen LogP contribution is -2.48. The number of carboxylic acid groups (broad SMARTS) is 2. The van der Waals surface area contributed by atoms with Gasteiger partial charge >= 0.3 is 18.0 Å². The first-order valence-corrected chi connectivity index (χ1v) is 14.9. The van der Waals surface area contributed by atoms with Crippen molar-refractivity contribution in [2.45, 2.75) is 70.5 Å². The molecule has 4 unspecified atom stereocenters. The van der Waals surface area contributed by atoms with Crippen LogP contribution in [0, 0.1) is 5.41 Å². The second-order valence-electron chi connectivity index (χ2n) is 12.5. The number of para-hydroxylation sites is 1. The third kappa shape index (κ3) is 11.4. The molecule has 4 atom stereocenters. The fraction of sp³-hybridized carbons (Fsp3) is 0.424. The summed E-state index contributed by atoms with van der Waals surface area (Å²) in [6, 6.07) is 13.2. The molecule has 0 aliphatic carbocycles. The molecule has 45 heavy (non-hydrogen) atoms. The molecule has 12 nitrogen and oxygen atoms in total. The molecule has 0 radical (unpaired) electrons. The predicted octanol–water partition coefficient (Wildman–Crippen LogP) is 4.03. The van der Waals surface area contributed by atoms with Crippen molar-refractivity contribution in [3.8, 4) is 0 Å². The number of hydrogen-bond acceptors (Lipinski definition) is 6. The monoisotopic (exact) mass is 621 g/mol. The largest absolute Gasteiger partial charge is 0.480 e. The highest BCUT2D eigenvalue weighted by molar-refractivity contribution is 5.99. The molecule has 2 aromatic carbocycles. The molecular formula is C33H43N5O7. The van der Waals surface area contributed by atoms with Crippen LogP contribution >= 0.6 is 0 Å². The first-order valence-electron chi connectivity index (χ1n) is 14.9. The van der Waals surface area contributed by atoms with E-state index < -0.39 is 36.0 Å². The third-order valence-corrected chi connectivity index (χ3v) is 7.37. The van der Waals surface area contributed by atoms with Gasteiger partial charge in [0.25, 0.3) is 0 Å². The molecule has 1 fully saturated rings. The van der Waals surface area contributed by atoms with Crippen LogP contribution in [0.5, 0.6) is 0 Å². The molecule has 0 saturated carbocycles. The Morgan fingerprint density at radius 2 is 1.38 bits per heavy atom. The molecule has 3 rings (SSSR count). The zero-order chi connectivity index (χ0) is 33.1. The topological polar surface area (TPSA) is 177 Å². The maximum atomic E-state index is 13.1. The third-order valence-electron chi connectivity index (χ3n) is 7.37. The Balaban J connectivity index is 1.51. The standard InChI is InChI=1S/C33H43N5O7/c1-33(2,3)19-28(39)36-25(30(41)42)12-8-9-13-26(31(43)44)37-29(40)27-18-22(20-38(27)4)21-14-16-24(17-15-21)35-32(45)34-23-10-6-5-7-11-23/h5-11,14-17,22,25-27H,12-13,18-20H2,1-4H3,(H,36,39)(H,37,40)(H,41,42)(H,43,44)(H2,34,35,45)/b9-8+. The zero-order valence-corrected chi connectivity index (χ0v) is 26.1. The molecule has 1 aliphatic heterocycles. The number of nitrogens with one attached hydrogen (secondary N) is 4. The molecular weight excluding hydrogens is 578 g/mol. The van der Waals surface area contributed by atoms with E-state index in [-0.39, 0.29) is 42.5 Å². The average molecular weight is 622 g/mol. The van der Waals surface area contributed by atoms with Gasteiger partial charge in [-0.25, -0.2) is 14.4 Å². The van der Waals surface area contributed by atoms with Gasteiger partial charge in [-0.1, -0.05) is 63.3 Å². The molecule has 12 heteroatoms. The van der Waals surface area contributed by atoms with Gasteiger partial charge in [0.15, 0.2) is 0 Å². The van der Waals surface area contributed by atoms with E-state index in [4.69, 9.17) is 0 Å². The highest BCUT2D eigenvalue weighted by Crippen LogP contribution is 2.31. The van der Waals surface area contributed by atoms with Crippen LogP contribution < -0.4 is 21.3 Å². The van der Waals surface area contributed by atoms with Crippen LogP contribution in [0.4, 0.5) is 16.2 Å². The van der Waals surface area contributed by atoms with Gasteiger partial charge < -0.3 is 31.5 Å². The molecule has 0 bridgehead atoms. The minimum Gasteiger partial charge on any atom is -0.480 e.